The van der Waals surface area contributed by atoms with Crippen molar-refractivity contribution in [3.05, 3.63) is 65.2 Å². The SMILES string of the molecule is O=C(NSc1cccc(Cl)c1)c1ccccc1. The average Bonchev–Trinajstić information content (AvgIpc) is 2.37. The average molecular weight is 264 g/mol. The highest BCUT2D eigenvalue weighted by atomic mass is 35.5. The molecule has 0 spiro atoms. The molecule has 2 aromatic rings. The fourth-order valence-electron chi connectivity index (χ4n) is 1.28. The minimum Gasteiger partial charge on any atom is -0.292 e. The van der Waals surface area contributed by atoms with E-state index in [-0.39, 0.29) is 5.91 Å². The molecule has 0 heterocycles. The van der Waals surface area contributed by atoms with Crippen LogP contribution in [-0.2, 0) is 0 Å². The van der Waals surface area contributed by atoms with Crippen LogP contribution < -0.4 is 4.72 Å². The number of amides is 1. The summed E-state index contributed by atoms with van der Waals surface area (Å²) in [5, 5.41) is 0.656. The van der Waals surface area contributed by atoms with Gasteiger partial charge in [-0.15, -0.1) is 0 Å². The molecule has 0 radical (unpaired) electrons. The summed E-state index contributed by atoms with van der Waals surface area (Å²) in [6.45, 7) is 0. The Bertz CT molecular complexity index is 516. The molecule has 0 aromatic heterocycles. The molecule has 2 aromatic carbocycles. The standard InChI is InChI=1S/C13H10ClNOS/c14-11-7-4-8-12(9-11)17-15-13(16)10-5-2-1-3-6-10/h1-9H,(H,15,16). The first-order chi connectivity index (χ1) is 8.25. The van der Waals surface area contributed by atoms with Crippen molar-refractivity contribution in [3.63, 3.8) is 0 Å². The minimum atomic E-state index is -0.115. The van der Waals surface area contributed by atoms with E-state index in [4.69, 9.17) is 11.6 Å². The highest BCUT2D eigenvalue weighted by Crippen LogP contribution is 2.19. The van der Waals surface area contributed by atoms with Crippen LogP contribution >= 0.6 is 23.5 Å². The molecular formula is C13H10ClNOS. The lowest BCUT2D eigenvalue weighted by Crippen LogP contribution is -2.15. The lowest BCUT2D eigenvalue weighted by molar-refractivity contribution is 0.0984. The Kier molecular flexibility index (Phi) is 4.07. The molecule has 17 heavy (non-hydrogen) atoms. The van der Waals surface area contributed by atoms with Crippen LogP contribution in [-0.4, -0.2) is 5.91 Å². The van der Waals surface area contributed by atoms with Gasteiger partial charge in [0.25, 0.3) is 5.91 Å². The molecule has 0 saturated heterocycles. The lowest BCUT2D eigenvalue weighted by atomic mass is 10.2. The van der Waals surface area contributed by atoms with Gasteiger partial charge in [-0.1, -0.05) is 35.9 Å². The molecule has 0 unspecified atom stereocenters. The molecule has 1 N–H and O–H groups in total. The van der Waals surface area contributed by atoms with Gasteiger partial charge in [0, 0.05) is 15.5 Å². The zero-order valence-corrected chi connectivity index (χ0v) is 10.5. The summed E-state index contributed by atoms with van der Waals surface area (Å²) in [4.78, 5) is 12.6. The number of hydrogen-bond acceptors (Lipinski definition) is 2. The topological polar surface area (TPSA) is 29.1 Å². The Morgan fingerprint density at radius 1 is 1.06 bits per heavy atom. The first-order valence-electron chi connectivity index (χ1n) is 5.03. The predicted octanol–water partition coefficient (Wildman–Crippen LogP) is 3.78. The molecule has 0 aliphatic rings. The molecule has 0 atom stereocenters. The Hall–Kier alpha value is -1.45. The first kappa shape index (κ1) is 12.0. The summed E-state index contributed by atoms with van der Waals surface area (Å²) in [6, 6.07) is 16.4. The molecule has 2 rings (SSSR count). The normalized spacial score (nSPS) is 9.94. The molecule has 0 saturated carbocycles. The van der Waals surface area contributed by atoms with Crippen molar-refractivity contribution in [1.82, 2.24) is 4.72 Å². The van der Waals surface area contributed by atoms with Gasteiger partial charge < -0.3 is 0 Å². The molecule has 0 fully saturated rings. The van der Waals surface area contributed by atoms with Gasteiger partial charge in [0.2, 0.25) is 0 Å². The zero-order valence-electron chi connectivity index (χ0n) is 8.89. The second kappa shape index (κ2) is 5.75. The van der Waals surface area contributed by atoms with E-state index in [2.05, 4.69) is 4.72 Å². The fraction of sp³-hybridized carbons (Fsp3) is 0. The summed E-state index contributed by atoms with van der Waals surface area (Å²) in [5.41, 5.74) is 0.641. The number of carbonyl (C=O) groups excluding carboxylic acids is 1. The number of benzene rings is 2. The third kappa shape index (κ3) is 3.51. The summed E-state index contributed by atoms with van der Waals surface area (Å²) < 4.78 is 2.76. The molecule has 4 heteroatoms. The highest BCUT2D eigenvalue weighted by molar-refractivity contribution is 7.98. The number of nitrogens with one attached hydrogen (secondary N) is 1. The fourth-order valence-corrected chi connectivity index (χ4v) is 2.20. The maximum atomic E-state index is 11.7. The number of halogens is 1. The van der Waals surface area contributed by atoms with Crippen LogP contribution in [0.1, 0.15) is 10.4 Å². The van der Waals surface area contributed by atoms with Crippen molar-refractivity contribution in [2.45, 2.75) is 4.90 Å². The van der Waals surface area contributed by atoms with Crippen molar-refractivity contribution in [2.24, 2.45) is 0 Å². The summed E-state index contributed by atoms with van der Waals surface area (Å²) >= 11 is 7.10. The van der Waals surface area contributed by atoms with Crippen molar-refractivity contribution >= 4 is 29.5 Å². The molecular weight excluding hydrogens is 254 g/mol. The predicted molar refractivity (Wildman–Crippen MR) is 71.2 cm³/mol. The molecule has 1 amide bonds. The second-order valence-electron chi connectivity index (χ2n) is 3.36. The number of rotatable bonds is 3. The van der Waals surface area contributed by atoms with Crippen LogP contribution in [0.15, 0.2) is 59.5 Å². The van der Waals surface area contributed by atoms with Gasteiger partial charge in [-0.25, -0.2) is 0 Å². The van der Waals surface area contributed by atoms with Gasteiger partial charge in [-0.05, 0) is 42.3 Å². The van der Waals surface area contributed by atoms with E-state index in [1.807, 2.05) is 30.3 Å². The largest absolute Gasteiger partial charge is 0.292 e. The second-order valence-corrected chi connectivity index (χ2v) is 4.67. The highest BCUT2D eigenvalue weighted by Gasteiger charge is 2.04. The molecule has 86 valence electrons. The van der Waals surface area contributed by atoms with Gasteiger partial charge in [-0.3, -0.25) is 9.52 Å². The maximum Gasteiger partial charge on any atom is 0.261 e. The van der Waals surface area contributed by atoms with E-state index in [9.17, 15) is 4.79 Å². The third-order valence-corrected chi connectivity index (χ3v) is 3.11. The van der Waals surface area contributed by atoms with E-state index in [0.717, 1.165) is 4.90 Å². The van der Waals surface area contributed by atoms with Gasteiger partial charge in [0.1, 0.15) is 0 Å². The molecule has 2 nitrogen and oxygen atoms in total. The quantitative estimate of drug-likeness (QED) is 0.854. The molecule has 0 bridgehead atoms. The van der Waals surface area contributed by atoms with Crippen LogP contribution in [0.4, 0.5) is 0 Å². The van der Waals surface area contributed by atoms with E-state index < -0.39 is 0 Å². The Balaban J connectivity index is 1.97. The van der Waals surface area contributed by atoms with Crippen molar-refractivity contribution in [3.8, 4) is 0 Å². The molecule has 0 aliphatic carbocycles. The monoisotopic (exact) mass is 263 g/mol. The zero-order chi connectivity index (χ0) is 12.1. The van der Waals surface area contributed by atoms with E-state index >= 15 is 0 Å². The third-order valence-electron chi connectivity index (χ3n) is 2.09. The van der Waals surface area contributed by atoms with Crippen LogP contribution in [0.5, 0.6) is 0 Å². The number of carbonyl (C=O) groups is 1. The van der Waals surface area contributed by atoms with E-state index in [0.29, 0.717) is 10.6 Å². The summed E-state index contributed by atoms with van der Waals surface area (Å²) in [6.07, 6.45) is 0. The summed E-state index contributed by atoms with van der Waals surface area (Å²) in [5.74, 6) is -0.115. The Morgan fingerprint density at radius 3 is 2.53 bits per heavy atom. The van der Waals surface area contributed by atoms with Gasteiger partial charge >= 0.3 is 0 Å². The minimum absolute atomic E-state index is 0.115. The maximum absolute atomic E-state index is 11.7. The van der Waals surface area contributed by atoms with Crippen molar-refractivity contribution < 1.29 is 4.79 Å². The summed E-state index contributed by atoms with van der Waals surface area (Å²) in [7, 11) is 0. The molecule has 0 aliphatic heterocycles. The van der Waals surface area contributed by atoms with Crippen LogP contribution in [0.2, 0.25) is 5.02 Å². The van der Waals surface area contributed by atoms with E-state index in [1.54, 1.807) is 24.3 Å². The Labute approximate surface area is 109 Å². The van der Waals surface area contributed by atoms with Crippen LogP contribution in [0.25, 0.3) is 0 Å². The van der Waals surface area contributed by atoms with Gasteiger partial charge in [0.15, 0.2) is 0 Å². The van der Waals surface area contributed by atoms with Gasteiger partial charge in [-0.2, -0.15) is 0 Å². The number of hydrogen-bond donors (Lipinski definition) is 1. The smallest absolute Gasteiger partial charge is 0.261 e. The van der Waals surface area contributed by atoms with Gasteiger partial charge in [0.05, 0.1) is 0 Å². The van der Waals surface area contributed by atoms with Crippen molar-refractivity contribution in [2.75, 3.05) is 0 Å². The lowest BCUT2D eigenvalue weighted by Gasteiger charge is -2.04. The van der Waals surface area contributed by atoms with E-state index in [1.165, 1.54) is 11.9 Å². The van der Waals surface area contributed by atoms with Crippen molar-refractivity contribution in [1.29, 1.82) is 0 Å². The Morgan fingerprint density at radius 2 is 1.82 bits per heavy atom. The van der Waals surface area contributed by atoms with Crippen LogP contribution in [0.3, 0.4) is 0 Å². The first-order valence-corrected chi connectivity index (χ1v) is 6.23. The van der Waals surface area contributed by atoms with Crippen LogP contribution in [0, 0.1) is 0 Å².